The number of piperidine rings is 1. The molecule has 2 fully saturated rings. The van der Waals surface area contributed by atoms with Crippen LogP contribution in [0.15, 0.2) is 12.1 Å². The van der Waals surface area contributed by atoms with E-state index in [2.05, 4.69) is 5.32 Å². The minimum Gasteiger partial charge on any atom is -0.371 e. The Kier molecular flexibility index (Phi) is 3.85. The Morgan fingerprint density at radius 1 is 1.14 bits per heavy atom. The third-order valence-corrected chi connectivity index (χ3v) is 4.68. The summed E-state index contributed by atoms with van der Waals surface area (Å²) in [6.07, 6.45) is 3.41. The summed E-state index contributed by atoms with van der Waals surface area (Å²) in [5.74, 6) is -3.43. The van der Waals surface area contributed by atoms with Crippen LogP contribution in [0.1, 0.15) is 43.6 Å². The number of rotatable bonds is 3. The van der Waals surface area contributed by atoms with E-state index in [1.165, 1.54) is 12.1 Å². The third-order valence-electron chi connectivity index (χ3n) is 4.68. The second-order valence-corrected chi connectivity index (χ2v) is 6.02. The Hall–Kier alpha value is -1.98. The lowest BCUT2D eigenvalue weighted by Crippen LogP contribution is -2.40. The standard InChI is InChI=1S/C16H18F2N2O2/c1-20(9-3-2-4-9)10-7-12(17)15(13(18)8-10)11-5-6-14(21)19-16(11)22/h7-9,11H,2-6H2,1H3,(H,19,21,22)/t11-/m1/s1. The highest BCUT2D eigenvalue weighted by molar-refractivity contribution is 6.01. The van der Waals surface area contributed by atoms with Gasteiger partial charge in [-0.2, -0.15) is 0 Å². The predicted molar refractivity (Wildman–Crippen MR) is 77.5 cm³/mol. The molecule has 1 heterocycles. The van der Waals surface area contributed by atoms with Gasteiger partial charge in [-0.15, -0.1) is 0 Å². The molecule has 4 nitrogen and oxygen atoms in total. The summed E-state index contributed by atoms with van der Waals surface area (Å²) >= 11 is 0. The zero-order chi connectivity index (χ0) is 15.9. The van der Waals surface area contributed by atoms with E-state index in [1.807, 2.05) is 11.9 Å². The first-order valence-electron chi connectivity index (χ1n) is 7.53. The summed E-state index contributed by atoms with van der Waals surface area (Å²) in [5, 5.41) is 2.13. The normalized spacial score (nSPS) is 22.2. The molecule has 3 rings (SSSR count). The molecule has 22 heavy (non-hydrogen) atoms. The van der Waals surface area contributed by atoms with Crippen LogP contribution in [0.5, 0.6) is 0 Å². The van der Waals surface area contributed by atoms with Crippen molar-refractivity contribution in [1.29, 1.82) is 0 Å². The molecule has 1 atom stereocenters. The fourth-order valence-corrected chi connectivity index (χ4v) is 3.06. The third kappa shape index (κ3) is 2.58. The molecule has 0 unspecified atom stereocenters. The van der Waals surface area contributed by atoms with Gasteiger partial charge in [0.15, 0.2) is 0 Å². The Balaban J connectivity index is 1.89. The fraction of sp³-hybridized carbons (Fsp3) is 0.500. The highest BCUT2D eigenvalue weighted by atomic mass is 19.1. The van der Waals surface area contributed by atoms with Crippen LogP contribution in [0.4, 0.5) is 14.5 Å². The molecular weight excluding hydrogens is 290 g/mol. The van der Waals surface area contributed by atoms with Crippen molar-refractivity contribution in [3.63, 3.8) is 0 Å². The first kappa shape index (κ1) is 14.9. The largest absolute Gasteiger partial charge is 0.371 e. The molecule has 1 aromatic carbocycles. The second kappa shape index (κ2) is 5.66. The van der Waals surface area contributed by atoms with Gasteiger partial charge in [0.2, 0.25) is 11.8 Å². The lowest BCUT2D eigenvalue weighted by atomic mass is 9.88. The maximum Gasteiger partial charge on any atom is 0.234 e. The van der Waals surface area contributed by atoms with Crippen LogP contribution in [0.2, 0.25) is 0 Å². The smallest absolute Gasteiger partial charge is 0.234 e. The molecule has 1 aliphatic carbocycles. The lowest BCUT2D eigenvalue weighted by Gasteiger charge is -2.36. The average molecular weight is 308 g/mol. The molecule has 1 aliphatic heterocycles. The summed E-state index contributed by atoms with van der Waals surface area (Å²) in [5.41, 5.74) is 0.242. The predicted octanol–water partition coefficient (Wildman–Crippen LogP) is 2.47. The van der Waals surface area contributed by atoms with Gasteiger partial charge in [0.05, 0.1) is 5.92 Å². The van der Waals surface area contributed by atoms with E-state index in [0.717, 1.165) is 19.3 Å². The van der Waals surface area contributed by atoms with E-state index in [4.69, 9.17) is 0 Å². The zero-order valence-corrected chi connectivity index (χ0v) is 12.4. The Bertz CT molecular complexity index is 606. The summed E-state index contributed by atoms with van der Waals surface area (Å²) in [7, 11) is 1.82. The number of carbonyl (C=O) groups is 2. The topological polar surface area (TPSA) is 49.4 Å². The van der Waals surface area contributed by atoms with Gasteiger partial charge in [-0.05, 0) is 37.8 Å². The van der Waals surface area contributed by atoms with E-state index in [9.17, 15) is 18.4 Å². The van der Waals surface area contributed by atoms with Gasteiger partial charge in [0.1, 0.15) is 11.6 Å². The summed E-state index contributed by atoms with van der Waals surface area (Å²) in [6, 6.07) is 2.88. The minimum atomic E-state index is -0.944. The van der Waals surface area contributed by atoms with Crippen molar-refractivity contribution < 1.29 is 18.4 Å². The second-order valence-electron chi connectivity index (χ2n) is 6.02. The molecule has 1 N–H and O–H groups in total. The van der Waals surface area contributed by atoms with Crippen LogP contribution in [-0.4, -0.2) is 24.9 Å². The van der Waals surface area contributed by atoms with Gasteiger partial charge >= 0.3 is 0 Å². The van der Waals surface area contributed by atoms with Crippen LogP contribution >= 0.6 is 0 Å². The molecule has 2 amide bonds. The number of halogens is 2. The minimum absolute atomic E-state index is 0.0962. The van der Waals surface area contributed by atoms with E-state index in [-0.39, 0.29) is 18.4 Å². The van der Waals surface area contributed by atoms with E-state index >= 15 is 0 Å². The number of amides is 2. The van der Waals surface area contributed by atoms with Crippen LogP contribution in [0.25, 0.3) is 0 Å². The number of nitrogens with zero attached hydrogens (tertiary/aromatic N) is 1. The van der Waals surface area contributed by atoms with Crippen molar-refractivity contribution in [2.75, 3.05) is 11.9 Å². The van der Waals surface area contributed by atoms with Crippen LogP contribution in [-0.2, 0) is 9.59 Å². The lowest BCUT2D eigenvalue weighted by molar-refractivity contribution is -0.134. The van der Waals surface area contributed by atoms with Crippen molar-refractivity contribution in [3.05, 3.63) is 29.3 Å². The number of anilines is 1. The van der Waals surface area contributed by atoms with Gasteiger partial charge in [0.25, 0.3) is 0 Å². The molecule has 6 heteroatoms. The van der Waals surface area contributed by atoms with E-state index in [1.54, 1.807) is 0 Å². The number of carbonyl (C=O) groups excluding carboxylic acids is 2. The fourth-order valence-electron chi connectivity index (χ4n) is 3.06. The summed E-state index contributed by atoms with van der Waals surface area (Å²) in [6.45, 7) is 0. The number of imide groups is 1. The van der Waals surface area contributed by atoms with Crippen LogP contribution < -0.4 is 10.2 Å². The Morgan fingerprint density at radius 3 is 2.27 bits per heavy atom. The molecule has 1 aromatic rings. The Labute approximate surface area is 127 Å². The summed E-state index contributed by atoms with van der Waals surface area (Å²) in [4.78, 5) is 24.8. The summed E-state index contributed by atoms with van der Waals surface area (Å²) < 4.78 is 28.8. The number of hydrogen-bond donors (Lipinski definition) is 1. The van der Waals surface area contributed by atoms with Crippen molar-refractivity contribution in [3.8, 4) is 0 Å². The molecular formula is C16H18F2N2O2. The first-order valence-corrected chi connectivity index (χ1v) is 7.53. The average Bonchev–Trinajstić information content (AvgIpc) is 2.38. The number of nitrogens with one attached hydrogen (secondary N) is 1. The van der Waals surface area contributed by atoms with Crippen LogP contribution in [0, 0.1) is 11.6 Å². The van der Waals surface area contributed by atoms with Crippen molar-refractivity contribution in [1.82, 2.24) is 5.32 Å². The molecule has 2 aliphatic rings. The maximum absolute atomic E-state index is 14.4. The van der Waals surface area contributed by atoms with E-state index in [0.29, 0.717) is 11.7 Å². The van der Waals surface area contributed by atoms with Crippen molar-refractivity contribution in [2.24, 2.45) is 0 Å². The molecule has 0 aromatic heterocycles. The highest BCUT2D eigenvalue weighted by Crippen LogP contribution is 2.34. The van der Waals surface area contributed by atoms with Gasteiger partial charge in [-0.1, -0.05) is 0 Å². The van der Waals surface area contributed by atoms with Crippen LogP contribution in [0.3, 0.4) is 0 Å². The molecule has 0 radical (unpaired) electrons. The molecule has 1 saturated carbocycles. The van der Waals surface area contributed by atoms with Gasteiger partial charge in [-0.3, -0.25) is 14.9 Å². The van der Waals surface area contributed by atoms with Gasteiger partial charge < -0.3 is 4.90 Å². The van der Waals surface area contributed by atoms with Gasteiger partial charge in [-0.25, -0.2) is 8.78 Å². The Morgan fingerprint density at radius 2 is 1.77 bits per heavy atom. The van der Waals surface area contributed by atoms with Crippen molar-refractivity contribution >= 4 is 17.5 Å². The molecule has 0 bridgehead atoms. The number of benzene rings is 1. The quantitative estimate of drug-likeness (QED) is 0.873. The monoisotopic (exact) mass is 308 g/mol. The van der Waals surface area contributed by atoms with Crippen molar-refractivity contribution in [2.45, 2.75) is 44.1 Å². The highest BCUT2D eigenvalue weighted by Gasteiger charge is 2.33. The number of hydrogen-bond acceptors (Lipinski definition) is 3. The van der Waals surface area contributed by atoms with Gasteiger partial charge in [0, 0.05) is 30.8 Å². The van der Waals surface area contributed by atoms with E-state index < -0.39 is 29.4 Å². The first-order chi connectivity index (χ1) is 10.5. The zero-order valence-electron chi connectivity index (χ0n) is 12.4. The maximum atomic E-state index is 14.4. The molecule has 1 saturated heterocycles. The SMILES string of the molecule is CN(c1cc(F)c([C@H]2CCC(=O)NC2=O)c(F)c1)C1CCC1. The molecule has 0 spiro atoms. The molecule has 118 valence electrons.